The molecular weight excluding hydrogens is 657 g/mol. The molecule has 2 atom stereocenters. The largest absolute Gasteiger partial charge is 0.493 e. The van der Waals surface area contributed by atoms with Crippen molar-refractivity contribution in [1.82, 2.24) is 10.2 Å². The summed E-state index contributed by atoms with van der Waals surface area (Å²) in [6, 6.07) is 25.8. The van der Waals surface area contributed by atoms with E-state index in [-0.39, 0.29) is 37.8 Å². The van der Waals surface area contributed by atoms with Gasteiger partial charge in [0, 0.05) is 32.2 Å². The molecule has 2 aliphatic rings. The van der Waals surface area contributed by atoms with Crippen LogP contribution in [0.5, 0.6) is 5.75 Å². The first-order valence-corrected chi connectivity index (χ1v) is 17.4. The summed E-state index contributed by atoms with van der Waals surface area (Å²) in [6.45, 7) is 0.416. The van der Waals surface area contributed by atoms with Gasteiger partial charge in [-0.25, -0.2) is 4.79 Å². The highest BCUT2D eigenvalue weighted by Crippen LogP contribution is 2.33. The third-order valence-electron chi connectivity index (χ3n) is 9.93. The normalized spacial score (nSPS) is 16.7. The van der Waals surface area contributed by atoms with E-state index in [0.29, 0.717) is 24.2 Å². The number of carboxylic acids is 1. The predicted molar refractivity (Wildman–Crippen MR) is 187 cm³/mol. The zero-order valence-electron chi connectivity index (χ0n) is 28.2. The molecule has 0 saturated heterocycles. The van der Waals surface area contributed by atoms with Crippen molar-refractivity contribution in [3.63, 3.8) is 0 Å². The van der Waals surface area contributed by atoms with Gasteiger partial charge in [-0.1, -0.05) is 85.6 Å². The fourth-order valence-corrected chi connectivity index (χ4v) is 7.04. The van der Waals surface area contributed by atoms with E-state index < -0.39 is 35.7 Å². The van der Waals surface area contributed by atoms with Crippen LogP contribution in [-0.4, -0.2) is 46.5 Å². The number of aliphatic carboxylic acids is 1. The second kappa shape index (κ2) is 15.8. The van der Waals surface area contributed by atoms with Gasteiger partial charge in [-0.15, -0.1) is 0 Å². The van der Waals surface area contributed by atoms with Crippen LogP contribution in [0.25, 0.3) is 11.1 Å². The summed E-state index contributed by atoms with van der Waals surface area (Å²) in [5, 5.41) is 12.8. The molecule has 4 aromatic rings. The van der Waals surface area contributed by atoms with Crippen molar-refractivity contribution < 1.29 is 37.4 Å². The highest BCUT2D eigenvalue weighted by molar-refractivity contribution is 5.91. The average Bonchev–Trinajstić information content (AvgIpc) is 3.64. The summed E-state index contributed by atoms with van der Waals surface area (Å²) in [6.07, 6.45) is 0.739. The molecule has 10 heteroatoms. The van der Waals surface area contributed by atoms with Crippen LogP contribution in [-0.2, 0) is 46.4 Å². The van der Waals surface area contributed by atoms with Crippen molar-refractivity contribution in [1.29, 1.82) is 0 Å². The maximum atomic E-state index is 13.9. The zero-order valence-corrected chi connectivity index (χ0v) is 28.2. The van der Waals surface area contributed by atoms with Crippen molar-refractivity contribution in [3.8, 4) is 16.9 Å². The number of rotatable bonds is 12. The third kappa shape index (κ3) is 9.17. The number of ether oxygens (including phenoxy) is 1. The van der Waals surface area contributed by atoms with Crippen LogP contribution in [0.4, 0.5) is 13.2 Å². The number of alkyl halides is 3. The lowest BCUT2D eigenvalue weighted by atomic mass is 9.91. The highest BCUT2D eigenvalue weighted by atomic mass is 19.4. The van der Waals surface area contributed by atoms with Gasteiger partial charge in [0.25, 0.3) is 0 Å². The number of amides is 2. The lowest BCUT2D eigenvalue weighted by molar-refractivity contribution is -0.145. The second-order valence-electron chi connectivity index (χ2n) is 13.5. The van der Waals surface area contributed by atoms with Gasteiger partial charge in [0.1, 0.15) is 17.8 Å². The van der Waals surface area contributed by atoms with Gasteiger partial charge in [0.15, 0.2) is 0 Å². The Bertz CT molecular complexity index is 1820. The van der Waals surface area contributed by atoms with Crippen LogP contribution in [0.1, 0.15) is 59.9 Å². The standard InChI is InChI=1S/C41H41F3N2O5/c42-41(43,44)34-17-12-27(13-18-34)20-21-51-35-19-16-32-25-37(46(26-33(32)24-35)38(47)23-28-6-4-5-7-28)39(48)45-36(40(49)50)22-29-10-14-31(15-11-29)30-8-2-1-3-9-30/h1-3,8-19,24,28,36-37H,4-7,20-23,25-26H2,(H,45,48)(H,49,50)/t36-,37-/m0/s1. The van der Waals surface area contributed by atoms with Crippen LogP contribution in [0.2, 0.25) is 0 Å². The molecule has 6 rings (SSSR count). The van der Waals surface area contributed by atoms with Gasteiger partial charge < -0.3 is 20.1 Å². The Morgan fingerprint density at radius 1 is 0.843 bits per heavy atom. The third-order valence-corrected chi connectivity index (χ3v) is 9.93. The number of hydrogen-bond acceptors (Lipinski definition) is 4. The summed E-state index contributed by atoms with van der Waals surface area (Å²) in [7, 11) is 0. The van der Waals surface area contributed by atoms with Gasteiger partial charge in [-0.2, -0.15) is 13.2 Å². The molecule has 0 radical (unpaired) electrons. The fourth-order valence-electron chi connectivity index (χ4n) is 7.04. The van der Waals surface area contributed by atoms with E-state index in [1.807, 2.05) is 66.7 Å². The molecule has 0 bridgehead atoms. The Labute approximate surface area is 295 Å². The summed E-state index contributed by atoms with van der Waals surface area (Å²) in [5.41, 5.74) is 4.51. The SMILES string of the molecule is O=C(O)[C@H](Cc1ccc(-c2ccccc2)cc1)NC(=O)[C@@H]1Cc2ccc(OCCc3ccc(C(F)(F)F)cc3)cc2CN1C(=O)CC1CCCC1. The van der Waals surface area contributed by atoms with Crippen molar-refractivity contribution in [2.75, 3.05) is 6.61 Å². The van der Waals surface area contributed by atoms with E-state index in [9.17, 15) is 32.7 Å². The Morgan fingerprint density at radius 2 is 1.51 bits per heavy atom. The molecular formula is C41H41F3N2O5. The molecule has 266 valence electrons. The van der Waals surface area contributed by atoms with Crippen LogP contribution >= 0.6 is 0 Å². The topological polar surface area (TPSA) is 95.9 Å². The van der Waals surface area contributed by atoms with Crippen molar-refractivity contribution >= 4 is 17.8 Å². The van der Waals surface area contributed by atoms with Crippen molar-refractivity contribution in [3.05, 3.63) is 125 Å². The van der Waals surface area contributed by atoms with Crippen LogP contribution in [0, 0.1) is 5.92 Å². The van der Waals surface area contributed by atoms with Crippen LogP contribution in [0.3, 0.4) is 0 Å². The van der Waals surface area contributed by atoms with Crippen molar-refractivity contribution in [2.45, 2.75) is 76.2 Å². The molecule has 1 aliphatic heterocycles. The number of carboxylic acid groups (broad SMARTS) is 1. The highest BCUT2D eigenvalue weighted by Gasteiger charge is 2.37. The Hall–Kier alpha value is -5.12. The summed E-state index contributed by atoms with van der Waals surface area (Å²) in [5.74, 6) is -0.993. The van der Waals surface area contributed by atoms with E-state index in [4.69, 9.17) is 4.74 Å². The first kappa shape index (κ1) is 35.7. The molecule has 1 heterocycles. The first-order valence-electron chi connectivity index (χ1n) is 17.4. The minimum atomic E-state index is -4.39. The molecule has 0 aromatic heterocycles. The van der Waals surface area contributed by atoms with E-state index in [0.717, 1.165) is 65.6 Å². The van der Waals surface area contributed by atoms with Crippen LogP contribution in [0.15, 0.2) is 97.1 Å². The zero-order chi connectivity index (χ0) is 36.0. The molecule has 2 amide bonds. The number of halogens is 3. The van der Waals surface area contributed by atoms with Gasteiger partial charge in [0.2, 0.25) is 11.8 Å². The Balaban J connectivity index is 1.14. The quantitative estimate of drug-likeness (QED) is 0.159. The van der Waals surface area contributed by atoms with E-state index in [2.05, 4.69) is 5.32 Å². The monoisotopic (exact) mass is 698 g/mol. The second-order valence-corrected chi connectivity index (χ2v) is 13.5. The first-order chi connectivity index (χ1) is 24.5. The maximum Gasteiger partial charge on any atom is 0.416 e. The molecule has 1 aliphatic carbocycles. The maximum absolute atomic E-state index is 13.9. The molecule has 2 N–H and O–H groups in total. The summed E-state index contributed by atoms with van der Waals surface area (Å²) < 4.78 is 44.7. The smallest absolute Gasteiger partial charge is 0.416 e. The average molecular weight is 699 g/mol. The number of carbonyl (C=O) groups excluding carboxylic acids is 2. The molecule has 4 aromatic carbocycles. The summed E-state index contributed by atoms with van der Waals surface area (Å²) >= 11 is 0. The number of carbonyl (C=O) groups is 3. The van der Waals surface area contributed by atoms with Crippen LogP contribution < -0.4 is 10.1 Å². The van der Waals surface area contributed by atoms with E-state index in [1.165, 1.54) is 12.1 Å². The number of hydrogen-bond donors (Lipinski definition) is 2. The predicted octanol–water partition coefficient (Wildman–Crippen LogP) is 7.64. The van der Waals surface area contributed by atoms with E-state index >= 15 is 0 Å². The number of fused-ring (bicyclic) bond motifs is 1. The fraction of sp³-hybridized carbons (Fsp3) is 0.341. The lowest BCUT2D eigenvalue weighted by Gasteiger charge is -2.37. The van der Waals surface area contributed by atoms with Gasteiger partial charge in [0.05, 0.1) is 12.2 Å². The van der Waals surface area contributed by atoms with Gasteiger partial charge in [-0.05, 0) is 76.4 Å². The molecule has 1 fully saturated rings. The Morgan fingerprint density at radius 3 is 2.18 bits per heavy atom. The summed E-state index contributed by atoms with van der Waals surface area (Å²) in [4.78, 5) is 41.6. The molecule has 0 unspecified atom stereocenters. The number of nitrogens with zero attached hydrogens (tertiary/aromatic N) is 1. The molecule has 1 saturated carbocycles. The molecule has 51 heavy (non-hydrogen) atoms. The Kier molecular flexibility index (Phi) is 11.1. The van der Waals surface area contributed by atoms with Crippen molar-refractivity contribution in [2.24, 2.45) is 5.92 Å². The number of benzene rings is 4. The van der Waals surface area contributed by atoms with E-state index in [1.54, 1.807) is 11.0 Å². The van der Waals surface area contributed by atoms with Gasteiger partial charge in [-0.3, -0.25) is 9.59 Å². The minimum absolute atomic E-state index is 0.0860. The number of nitrogens with one attached hydrogen (secondary N) is 1. The minimum Gasteiger partial charge on any atom is -0.493 e. The molecule has 0 spiro atoms. The lowest BCUT2D eigenvalue weighted by Crippen LogP contribution is -2.56. The molecule has 7 nitrogen and oxygen atoms in total. The van der Waals surface area contributed by atoms with Gasteiger partial charge >= 0.3 is 12.1 Å².